The van der Waals surface area contributed by atoms with Crippen LogP contribution in [0.2, 0.25) is 0 Å². The summed E-state index contributed by atoms with van der Waals surface area (Å²) >= 11 is 0. The second kappa shape index (κ2) is 9.82. The number of hydrogen-bond acceptors (Lipinski definition) is 4. The van der Waals surface area contributed by atoms with Crippen molar-refractivity contribution in [3.05, 3.63) is 101 Å². The van der Waals surface area contributed by atoms with Gasteiger partial charge in [0.15, 0.2) is 0 Å². The van der Waals surface area contributed by atoms with Crippen LogP contribution in [0, 0.1) is 11.6 Å². The molecule has 3 aromatic carbocycles. The number of carbonyl (C=O) groups excluding carboxylic acids is 2. The van der Waals surface area contributed by atoms with Crippen LogP contribution in [0.15, 0.2) is 77.9 Å². The Morgan fingerprint density at radius 3 is 2.50 bits per heavy atom. The Hall–Kier alpha value is -4.07. The molecule has 0 aromatic heterocycles. The summed E-state index contributed by atoms with van der Waals surface area (Å²) < 4.78 is 32.9. The van der Waals surface area contributed by atoms with Crippen LogP contribution in [0.1, 0.15) is 33.9 Å². The van der Waals surface area contributed by atoms with E-state index in [1.165, 1.54) is 42.4 Å². The van der Waals surface area contributed by atoms with Gasteiger partial charge in [-0.25, -0.2) is 13.8 Å². The van der Waals surface area contributed by atoms with E-state index in [1.54, 1.807) is 25.3 Å². The van der Waals surface area contributed by atoms with Gasteiger partial charge in [-0.15, -0.1) is 0 Å². The summed E-state index contributed by atoms with van der Waals surface area (Å²) in [5.41, 5.74) is 2.04. The number of likely N-dealkylation sites (N-methyl/N-ethyl adjacent to an activating group) is 1. The Morgan fingerprint density at radius 2 is 1.79 bits per heavy atom. The number of ether oxygens (including phenoxy) is 1. The molecule has 0 radical (unpaired) electrons. The molecule has 0 spiro atoms. The highest BCUT2D eigenvalue weighted by molar-refractivity contribution is 6.04. The molecule has 8 heteroatoms. The van der Waals surface area contributed by atoms with E-state index in [-0.39, 0.29) is 17.9 Å². The molecule has 0 fully saturated rings. The minimum absolute atomic E-state index is 0.116. The van der Waals surface area contributed by atoms with Crippen LogP contribution in [0.3, 0.4) is 0 Å². The Labute approximate surface area is 196 Å². The fraction of sp³-hybridized carbons (Fsp3) is 0.192. The van der Waals surface area contributed by atoms with E-state index in [0.29, 0.717) is 23.4 Å². The van der Waals surface area contributed by atoms with Gasteiger partial charge >= 0.3 is 0 Å². The van der Waals surface area contributed by atoms with E-state index in [1.807, 2.05) is 24.3 Å². The Balaban J connectivity index is 1.61. The van der Waals surface area contributed by atoms with Crippen molar-refractivity contribution in [1.29, 1.82) is 0 Å². The fourth-order valence-electron chi connectivity index (χ4n) is 3.85. The van der Waals surface area contributed by atoms with Crippen LogP contribution >= 0.6 is 0 Å². The molecule has 4 rings (SSSR count). The molecule has 0 N–H and O–H groups in total. The van der Waals surface area contributed by atoms with E-state index < -0.39 is 23.7 Å². The molecule has 3 aromatic rings. The number of halogens is 2. The molecule has 1 aliphatic rings. The van der Waals surface area contributed by atoms with Crippen molar-refractivity contribution >= 4 is 17.5 Å². The van der Waals surface area contributed by atoms with Crippen LogP contribution in [-0.4, -0.2) is 48.1 Å². The maximum absolute atomic E-state index is 14.0. The van der Waals surface area contributed by atoms with Crippen LogP contribution in [0.5, 0.6) is 5.75 Å². The number of hydrogen-bond donors (Lipinski definition) is 0. The predicted octanol–water partition coefficient (Wildman–Crippen LogP) is 4.42. The third-order valence-electron chi connectivity index (χ3n) is 5.65. The summed E-state index contributed by atoms with van der Waals surface area (Å²) in [6.07, 6.45) is 0.398. The molecule has 1 heterocycles. The zero-order chi connectivity index (χ0) is 24.2. The van der Waals surface area contributed by atoms with Crippen LogP contribution in [-0.2, 0) is 4.79 Å². The molecule has 1 aliphatic heterocycles. The number of hydrazone groups is 1. The first-order chi connectivity index (χ1) is 16.4. The highest BCUT2D eigenvalue weighted by Gasteiger charge is 2.34. The molecular weight excluding hydrogens is 440 g/mol. The van der Waals surface area contributed by atoms with Gasteiger partial charge in [0.05, 0.1) is 24.4 Å². The second-order valence-corrected chi connectivity index (χ2v) is 7.93. The van der Waals surface area contributed by atoms with Crippen molar-refractivity contribution in [2.24, 2.45) is 5.10 Å². The van der Waals surface area contributed by atoms with E-state index in [2.05, 4.69) is 5.10 Å². The van der Waals surface area contributed by atoms with Gasteiger partial charge in [0.2, 0.25) is 0 Å². The summed E-state index contributed by atoms with van der Waals surface area (Å²) in [5, 5.41) is 5.87. The quantitative estimate of drug-likeness (QED) is 0.544. The van der Waals surface area contributed by atoms with Crippen LogP contribution < -0.4 is 4.74 Å². The van der Waals surface area contributed by atoms with E-state index in [4.69, 9.17) is 4.74 Å². The first-order valence-corrected chi connectivity index (χ1v) is 10.7. The van der Waals surface area contributed by atoms with E-state index in [9.17, 15) is 18.4 Å². The molecule has 1 atom stereocenters. The Kier molecular flexibility index (Phi) is 6.67. The lowest BCUT2D eigenvalue weighted by molar-refractivity contribution is -0.133. The molecule has 2 amide bonds. The predicted molar refractivity (Wildman–Crippen MR) is 123 cm³/mol. The Bertz CT molecular complexity index is 1240. The number of rotatable bonds is 6. The zero-order valence-corrected chi connectivity index (χ0v) is 18.7. The lowest BCUT2D eigenvalue weighted by Crippen LogP contribution is -2.39. The summed E-state index contributed by atoms with van der Waals surface area (Å²) in [6.45, 7) is -0.306. The maximum atomic E-state index is 14.0. The summed E-state index contributed by atoms with van der Waals surface area (Å²) in [4.78, 5) is 27.1. The van der Waals surface area contributed by atoms with Crippen molar-refractivity contribution in [3.63, 3.8) is 0 Å². The third-order valence-corrected chi connectivity index (χ3v) is 5.65. The summed E-state index contributed by atoms with van der Waals surface area (Å²) in [5.74, 6) is -1.45. The van der Waals surface area contributed by atoms with Gasteiger partial charge in [-0.3, -0.25) is 9.59 Å². The van der Waals surface area contributed by atoms with Gasteiger partial charge in [-0.05, 0) is 42.0 Å². The molecule has 174 valence electrons. The third kappa shape index (κ3) is 4.80. The lowest BCUT2D eigenvalue weighted by atomic mass is 9.98. The minimum Gasteiger partial charge on any atom is -0.497 e. The van der Waals surface area contributed by atoms with E-state index >= 15 is 0 Å². The van der Waals surface area contributed by atoms with Crippen LogP contribution in [0.25, 0.3) is 0 Å². The summed E-state index contributed by atoms with van der Waals surface area (Å²) in [7, 11) is 3.00. The molecule has 0 aliphatic carbocycles. The van der Waals surface area contributed by atoms with Crippen molar-refractivity contribution in [2.75, 3.05) is 20.7 Å². The van der Waals surface area contributed by atoms with E-state index in [0.717, 1.165) is 10.5 Å². The topological polar surface area (TPSA) is 62.2 Å². The van der Waals surface area contributed by atoms with Gasteiger partial charge < -0.3 is 9.64 Å². The van der Waals surface area contributed by atoms with Crippen molar-refractivity contribution in [3.8, 4) is 5.75 Å². The summed E-state index contributed by atoms with van der Waals surface area (Å²) in [6, 6.07) is 18.3. The first kappa shape index (κ1) is 23.1. The number of amides is 2. The smallest absolute Gasteiger partial charge is 0.262 e. The number of benzene rings is 3. The normalized spacial score (nSPS) is 15.1. The molecule has 0 unspecified atom stereocenters. The van der Waals surface area contributed by atoms with Crippen molar-refractivity contribution in [2.45, 2.75) is 12.5 Å². The molecular formula is C26H23F2N3O3. The standard InChI is InChI=1S/C26H23F2N3O3/c1-30(26(33)21-8-3-4-9-22(21)28)16-25(32)31-24(17-10-12-19(27)13-11-17)15-23(29-31)18-6-5-7-20(14-18)34-2/h3-14,24H,15-16H2,1-2H3/t24-/m1/s1. The number of methoxy groups -OCH3 is 1. The van der Waals surface area contributed by atoms with Gasteiger partial charge in [-0.1, -0.05) is 36.4 Å². The molecule has 34 heavy (non-hydrogen) atoms. The monoisotopic (exact) mass is 463 g/mol. The van der Waals surface area contributed by atoms with Crippen molar-refractivity contribution in [1.82, 2.24) is 9.91 Å². The number of carbonyl (C=O) groups is 2. The molecule has 0 saturated carbocycles. The lowest BCUT2D eigenvalue weighted by Gasteiger charge is -2.25. The van der Waals surface area contributed by atoms with Crippen molar-refractivity contribution < 1.29 is 23.1 Å². The second-order valence-electron chi connectivity index (χ2n) is 7.93. The van der Waals surface area contributed by atoms with Gasteiger partial charge in [-0.2, -0.15) is 5.10 Å². The van der Waals surface area contributed by atoms with Gasteiger partial charge in [0.1, 0.15) is 23.9 Å². The largest absolute Gasteiger partial charge is 0.497 e. The van der Waals surface area contributed by atoms with Crippen LogP contribution in [0.4, 0.5) is 8.78 Å². The fourth-order valence-corrected chi connectivity index (χ4v) is 3.85. The molecule has 0 saturated heterocycles. The zero-order valence-electron chi connectivity index (χ0n) is 18.7. The average Bonchev–Trinajstić information content (AvgIpc) is 3.30. The Morgan fingerprint density at radius 1 is 1.06 bits per heavy atom. The van der Waals surface area contributed by atoms with Gasteiger partial charge in [0, 0.05) is 19.0 Å². The highest BCUT2D eigenvalue weighted by atomic mass is 19.1. The highest BCUT2D eigenvalue weighted by Crippen LogP contribution is 2.33. The SMILES string of the molecule is COc1cccc(C2=NN(C(=O)CN(C)C(=O)c3ccccc3F)[C@@H](c3ccc(F)cc3)C2)c1. The number of nitrogens with zero attached hydrogens (tertiary/aromatic N) is 3. The average molecular weight is 463 g/mol. The molecule has 0 bridgehead atoms. The molecule has 6 nitrogen and oxygen atoms in total. The first-order valence-electron chi connectivity index (χ1n) is 10.7. The maximum Gasteiger partial charge on any atom is 0.262 e. The van der Waals surface area contributed by atoms with Gasteiger partial charge in [0.25, 0.3) is 11.8 Å². The minimum atomic E-state index is -0.657.